The number of amides is 1. The van der Waals surface area contributed by atoms with Gasteiger partial charge in [0.25, 0.3) is 0 Å². The van der Waals surface area contributed by atoms with E-state index in [4.69, 9.17) is 0 Å². The van der Waals surface area contributed by atoms with Gasteiger partial charge in [0.15, 0.2) is 0 Å². The standard InChI is InChI=1S/C27H28F2N2OS/c1-19(32)30-18-26-11-10-25(33-26)14-17-31-15-12-22(13-16-31)27(20-2-6-23(28)7-3-20)21-4-8-24(29)9-5-21/h2-11H,12-18H2,1H3,(H,30,32). The highest BCUT2D eigenvalue weighted by Crippen LogP contribution is 2.33. The average Bonchev–Trinajstić information content (AvgIpc) is 3.28. The second kappa shape index (κ2) is 10.9. The second-order valence-electron chi connectivity index (χ2n) is 8.36. The number of benzene rings is 2. The summed E-state index contributed by atoms with van der Waals surface area (Å²) in [6.07, 6.45) is 2.86. The minimum Gasteiger partial charge on any atom is -0.351 e. The molecule has 33 heavy (non-hydrogen) atoms. The van der Waals surface area contributed by atoms with Gasteiger partial charge in [-0.05, 0) is 72.4 Å². The molecule has 1 aliphatic rings. The third kappa shape index (κ3) is 6.36. The third-order valence-electron chi connectivity index (χ3n) is 5.98. The first-order chi connectivity index (χ1) is 16.0. The topological polar surface area (TPSA) is 32.3 Å². The Balaban J connectivity index is 1.42. The quantitative estimate of drug-likeness (QED) is 0.477. The van der Waals surface area contributed by atoms with E-state index in [-0.39, 0.29) is 17.5 Å². The van der Waals surface area contributed by atoms with Crippen LogP contribution in [0.2, 0.25) is 0 Å². The molecule has 1 fully saturated rings. The molecule has 4 rings (SSSR count). The number of hydrogen-bond donors (Lipinski definition) is 1. The van der Waals surface area contributed by atoms with Crippen molar-refractivity contribution in [1.29, 1.82) is 0 Å². The molecular weight excluding hydrogens is 438 g/mol. The van der Waals surface area contributed by atoms with E-state index in [1.807, 2.05) is 24.3 Å². The van der Waals surface area contributed by atoms with Crippen LogP contribution >= 0.6 is 11.3 Å². The highest BCUT2D eigenvalue weighted by molar-refractivity contribution is 7.12. The van der Waals surface area contributed by atoms with Crippen LogP contribution in [0.15, 0.2) is 66.2 Å². The molecule has 0 radical (unpaired) electrons. The average molecular weight is 467 g/mol. The number of carbonyl (C=O) groups is 1. The second-order valence-corrected chi connectivity index (χ2v) is 9.61. The zero-order valence-corrected chi connectivity index (χ0v) is 19.6. The predicted octanol–water partition coefficient (Wildman–Crippen LogP) is 5.80. The molecule has 0 unspecified atom stereocenters. The molecule has 0 aliphatic carbocycles. The fourth-order valence-electron chi connectivity index (χ4n) is 4.24. The first kappa shape index (κ1) is 23.3. The Hall–Kier alpha value is -2.83. The number of carbonyl (C=O) groups excluding carboxylic acids is 1. The first-order valence-electron chi connectivity index (χ1n) is 11.3. The fourth-order valence-corrected chi connectivity index (χ4v) is 5.18. The molecule has 0 spiro atoms. The van der Waals surface area contributed by atoms with Crippen molar-refractivity contribution in [2.45, 2.75) is 32.7 Å². The summed E-state index contributed by atoms with van der Waals surface area (Å²) in [5.74, 6) is -0.528. The monoisotopic (exact) mass is 466 g/mol. The molecule has 3 aromatic rings. The fraction of sp³-hybridized carbons (Fsp3) is 0.296. The number of halogens is 2. The minimum absolute atomic E-state index is 0.0113. The van der Waals surface area contributed by atoms with Crippen LogP contribution in [0.25, 0.3) is 5.57 Å². The lowest BCUT2D eigenvalue weighted by molar-refractivity contribution is -0.119. The van der Waals surface area contributed by atoms with E-state index in [1.54, 1.807) is 11.3 Å². The minimum atomic E-state index is -0.258. The van der Waals surface area contributed by atoms with Crippen molar-refractivity contribution in [2.24, 2.45) is 0 Å². The van der Waals surface area contributed by atoms with Gasteiger partial charge in [0.05, 0.1) is 6.54 Å². The van der Waals surface area contributed by atoms with E-state index in [0.29, 0.717) is 6.54 Å². The third-order valence-corrected chi connectivity index (χ3v) is 7.13. The molecule has 1 N–H and O–H groups in total. The Labute approximate surface area is 197 Å². The number of nitrogens with one attached hydrogen (secondary N) is 1. The maximum absolute atomic E-state index is 13.5. The Morgan fingerprint density at radius 3 is 1.97 bits per heavy atom. The lowest BCUT2D eigenvalue weighted by Gasteiger charge is -2.30. The molecule has 1 saturated heterocycles. The van der Waals surface area contributed by atoms with Crippen molar-refractivity contribution in [3.8, 4) is 0 Å². The smallest absolute Gasteiger partial charge is 0.217 e. The van der Waals surface area contributed by atoms with Gasteiger partial charge >= 0.3 is 0 Å². The van der Waals surface area contributed by atoms with Gasteiger partial charge in [-0.25, -0.2) is 8.78 Å². The zero-order valence-electron chi connectivity index (χ0n) is 18.7. The summed E-state index contributed by atoms with van der Waals surface area (Å²) in [6.45, 7) is 5.05. The van der Waals surface area contributed by atoms with E-state index in [2.05, 4.69) is 22.3 Å². The SMILES string of the molecule is CC(=O)NCc1ccc(CCN2CCC(=C(c3ccc(F)cc3)c3ccc(F)cc3)CC2)s1. The first-order valence-corrected chi connectivity index (χ1v) is 12.1. The van der Waals surface area contributed by atoms with Crippen molar-refractivity contribution < 1.29 is 13.6 Å². The van der Waals surface area contributed by atoms with Gasteiger partial charge in [-0.2, -0.15) is 0 Å². The summed E-state index contributed by atoms with van der Waals surface area (Å²) in [6, 6.07) is 17.4. The highest BCUT2D eigenvalue weighted by Gasteiger charge is 2.19. The van der Waals surface area contributed by atoms with Crippen LogP contribution in [-0.2, 0) is 17.8 Å². The Morgan fingerprint density at radius 1 is 0.879 bits per heavy atom. The van der Waals surface area contributed by atoms with E-state index in [9.17, 15) is 13.6 Å². The largest absolute Gasteiger partial charge is 0.351 e. The summed E-state index contributed by atoms with van der Waals surface area (Å²) in [4.78, 5) is 16.1. The van der Waals surface area contributed by atoms with Crippen LogP contribution in [0.3, 0.4) is 0 Å². The summed E-state index contributed by atoms with van der Waals surface area (Å²) >= 11 is 1.75. The zero-order chi connectivity index (χ0) is 23.2. The van der Waals surface area contributed by atoms with Gasteiger partial charge < -0.3 is 10.2 Å². The molecular formula is C27H28F2N2OS. The maximum Gasteiger partial charge on any atom is 0.217 e. The molecule has 3 nitrogen and oxygen atoms in total. The van der Waals surface area contributed by atoms with Gasteiger partial charge in [0.1, 0.15) is 11.6 Å². The number of rotatable bonds is 7. The Morgan fingerprint density at radius 2 is 1.42 bits per heavy atom. The summed E-state index contributed by atoms with van der Waals surface area (Å²) in [7, 11) is 0. The van der Waals surface area contributed by atoms with Crippen molar-refractivity contribution in [3.05, 3.63) is 98.8 Å². The van der Waals surface area contributed by atoms with Gasteiger partial charge in [0, 0.05) is 36.3 Å². The van der Waals surface area contributed by atoms with Crippen LogP contribution < -0.4 is 5.32 Å². The maximum atomic E-state index is 13.5. The summed E-state index contributed by atoms with van der Waals surface area (Å²) in [5, 5.41) is 2.84. The Kier molecular flexibility index (Phi) is 7.68. The van der Waals surface area contributed by atoms with Crippen LogP contribution in [0.1, 0.15) is 40.6 Å². The number of piperidine rings is 1. The molecule has 2 heterocycles. The van der Waals surface area contributed by atoms with Crippen molar-refractivity contribution in [2.75, 3.05) is 19.6 Å². The van der Waals surface area contributed by atoms with Crippen LogP contribution in [0.4, 0.5) is 8.78 Å². The van der Waals surface area contributed by atoms with E-state index < -0.39 is 0 Å². The van der Waals surface area contributed by atoms with Crippen LogP contribution in [0.5, 0.6) is 0 Å². The van der Waals surface area contributed by atoms with E-state index >= 15 is 0 Å². The lowest BCUT2D eigenvalue weighted by Crippen LogP contribution is -2.32. The van der Waals surface area contributed by atoms with Gasteiger partial charge in [-0.15, -0.1) is 11.3 Å². The van der Waals surface area contributed by atoms with Gasteiger partial charge in [-0.3, -0.25) is 4.79 Å². The number of likely N-dealkylation sites (tertiary alicyclic amines) is 1. The van der Waals surface area contributed by atoms with Gasteiger partial charge in [-0.1, -0.05) is 29.8 Å². The Bertz CT molecular complexity index is 1060. The van der Waals surface area contributed by atoms with E-state index in [0.717, 1.165) is 55.6 Å². The molecule has 0 bridgehead atoms. The summed E-state index contributed by atoms with van der Waals surface area (Å²) < 4.78 is 27.0. The highest BCUT2D eigenvalue weighted by atomic mass is 32.1. The molecule has 172 valence electrons. The normalized spacial score (nSPS) is 14.3. The lowest BCUT2D eigenvalue weighted by atomic mass is 9.88. The van der Waals surface area contributed by atoms with Crippen LogP contribution in [-0.4, -0.2) is 30.4 Å². The van der Waals surface area contributed by atoms with Crippen molar-refractivity contribution >= 4 is 22.8 Å². The van der Waals surface area contributed by atoms with Crippen molar-refractivity contribution in [3.63, 3.8) is 0 Å². The molecule has 1 aromatic heterocycles. The number of thiophene rings is 1. The summed E-state index contributed by atoms with van der Waals surface area (Å²) in [5.41, 5.74) is 4.36. The van der Waals surface area contributed by atoms with Crippen LogP contribution in [0, 0.1) is 11.6 Å². The van der Waals surface area contributed by atoms with Crippen molar-refractivity contribution in [1.82, 2.24) is 10.2 Å². The molecule has 0 saturated carbocycles. The molecule has 1 amide bonds. The van der Waals surface area contributed by atoms with E-state index in [1.165, 1.54) is 46.5 Å². The number of nitrogens with zero attached hydrogens (tertiary/aromatic N) is 1. The molecule has 2 aromatic carbocycles. The predicted molar refractivity (Wildman–Crippen MR) is 130 cm³/mol. The molecule has 6 heteroatoms. The number of hydrogen-bond acceptors (Lipinski definition) is 3. The molecule has 0 atom stereocenters. The molecule has 1 aliphatic heterocycles. The van der Waals surface area contributed by atoms with Gasteiger partial charge in [0.2, 0.25) is 5.91 Å².